The molecule has 5 aromatic rings. The van der Waals surface area contributed by atoms with Crippen molar-refractivity contribution in [2.75, 3.05) is 33.2 Å². The second kappa shape index (κ2) is 10.5. The Hall–Kier alpha value is -4.70. The Morgan fingerprint density at radius 2 is 1.51 bits per heavy atom. The highest BCUT2D eigenvalue weighted by Gasteiger charge is 2.14. The molecule has 10 heteroatoms. The van der Waals surface area contributed by atoms with Crippen molar-refractivity contribution in [3.05, 3.63) is 67.4 Å². The molecule has 4 aromatic heterocycles. The van der Waals surface area contributed by atoms with E-state index in [-0.39, 0.29) is 12.6 Å². The molecule has 37 heavy (non-hydrogen) atoms. The Balaban J connectivity index is 1.40. The van der Waals surface area contributed by atoms with Gasteiger partial charge in [-0.25, -0.2) is 4.98 Å². The molecular weight excluding hydrogens is 472 g/mol. The molecule has 0 saturated carbocycles. The van der Waals surface area contributed by atoms with Gasteiger partial charge in [0.05, 0.1) is 37.7 Å². The van der Waals surface area contributed by atoms with Crippen LogP contribution in [-0.2, 0) is 0 Å². The molecule has 4 N–H and O–H groups in total. The number of nitrogens with two attached hydrogens (primary N) is 2. The fourth-order valence-electron chi connectivity index (χ4n) is 3.93. The molecule has 1 aromatic carbocycles. The van der Waals surface area contributed by atoms with Crippen molar-refractivity contribution in [3.8, 4) is 34.3 Å². The van der Waals surface area contributed by atoms with E-state index < -0.39 is 0 Å². The molecule has 0 aliphatic carbocycles. The normalized spacial score (nSPS) is 11.9. The molecule has 0 fully saturated rings. The molecule has 0 aliphatic heterocycles. The molecule has 0 amide bonds. The summed E-state index contributed by atoms with van der Waals surface area (Å²) in [7, 11) is 3.19. The minimum atomic E-state index is -0.336. The van der Waals surface area contributed by atoms with Gasteiger partial charge in [0.25, 0.3) is 0 Å². The van der Waals surface area contributed by atoms with Crippen molar-refractivity contribution in [2.24, 2.45) is 5.73 Å². The molecule has 1 atom stereocenters. The molecule has 0 aliphatic rings. The highest BCUT2D eigenvalue weighted by molar-refractivity contribution is 6.10. The molecule has 188 valence electrons. The zero-order valence-corrected chi connectivity index (χ0v) is 20.4. The number of fused-ring (bicyclic) bond motifs is 3. The summed E-state index contributed by atoms with van der Waals surface area (Å²) >= 11 is 0. The van der Waals surface area contributed by atoms with Gasteiger partial charge in [-0.1, -0.05) is 0 Å². The number of aromatic nitrogens is 4. The lowest BCUT2D eigenvalue weighted by Gasteiger charge is -2.15. The van der Waals surface area contributed by atoms with Crippen molar-refractivity contribution in [1.29, 1.82) is 0 Å². The summed E-state index contributed by atoms with van der Waals surface area (Å²) in [5.41, 5.74) is 14.6. The molecule has 5 rings (SSSR count). The molecule has 0 radical (unpaired) electrons. The van der Waals surface area contributed by atoms with E-state index in [1.807, 2.05) is 24.3 Å². The number of rotatable bonds is 9. The van der Waals surface area contributed by atoms with Gasteiger partial charge in [0, 0.05) is 47.2 Å². The summed E-state index contributed by atoms with van der Waals surface area (Å²) < 4.78 is 22.5. The van der Waals surface area contributed by atoms with Gasteiger partial charge in [0.1, 0.15) is 30.5 Å². The quantitative estimate of drug-likeness (QED) is 0.289. The van der Waals surface area contributed by atoms with Gasteiger partial charge < -0.3 is 30.4 Å². The van der Waals surface area contributed by atoms with Crippen LogP contribution in [0.4, 0.5) is 5.82 Å². The smallest absolute Gasteiger partial charge is 0.162 e. The molecule has 0 spiro atoms. The molecule has 0 saturated heterocycles. The van der Waals surface area contributed by atoms with Crippen LogP contribution in [0.25, 0.3) is 32.9 Å². The average Bonchev–Trinajstić information content (AvgIpc) is 2.94. The fourth-order valence-corrected chi connectivity index (χ4v) is 3.93. The zero-order valence-electron chi connectivity index (χ0n) is 20.4. The number of hydrogen-bond donors (Lipinski definition) is 2. The van der Waals surface area contributed by atoms with Gasteiger partial charge in [-0.2, -0.15) is 0 Å². The van der Waals surface area contributed by atoms with E-state index in [4.69, 9.17) is 30.4 Å². The van der Waals surface area contributed by atoms with E-state index in [1.165, 1.54) is 0 Å². The van der Waals surface area contributed by atoms with Gasteiger partial charge in [-0.3, -0.25) is 15.0 Å². The van der Waals surface area contributed by atoms with Crippen LogP contribution in [0, 0.1) is 0 Å². The van der Waals surface area contributed by atoms with E-state index in [0.717, 1.165) is 27.2 Å². The maximum Gasteiger partial charge on any atom is 0.162 e. The van der Waals surface area contributed by atoms with E-state index in [0.29, 0.717) is 41.1 Å². The van der Waals surface area contributed by atoms with Gasteiger partial charge >= 0.3 is 0 Å². The summed E-state index contributed by atoms with van der Waals surface area (Å²) in [6.45, 7) is 0.552. The minimum Gasteiger partial charge on any atom is -0.493 e. The number of benzene rings is 1. The zero-order chi connectivity index (χ0) is 25.8. The highest BCUT2D eigenvalue weighted by atomic mass is 16.5. The first-order chi connectivity index (χ1) is 18.1. The van der Waals surface area contributed by atoms with Gasteiger partial charge in [0.15, 0.2) is 11.5 Å². The fraction of sp³-hybridized carbons (Fsp3) is 0.185. The Bertz CT molecular complexity index is 1550. The van der Waals surface area contributed by atoms with E-state index in [9.17, 15) is 0 Å². The number of ether oxygens (including phenoxy) is 4. The Labute approximate surface area is 213 Å². The molecule has 0 bridgehead atoms. The second-order valence-electron chi connectivity index (χ2n) is 8.31. The minimum absolute atomic E-state index is 0.251. The number of anilines is 1. The Kier molecular flexibility index (Phi) is 6.82. The number of methoxy groups -OCH3 is 2. The SMILES string of the molecule is COc1cc2ncc3c(N)nc(-c4cncc(OC[C@H](N)COc5ccncc5)c4)cc3c2cc1OC. The van der Waals surface area contributed by atoms with Crippen LogP contribution in [0.2, 0.25) is 0 Å². The van der Waals surface area contributed by atoms with E-state index >= 15 is 0 Å². The first kappa shape index (κ1) is 24.0. The number of nitrogen functional groups attached to an aromatic ring is 1. The predicted octanol–water partition coefficient (Wildman–Crippen LogP) is 3.62. The van der Waals surface area contributed by atoms with Crippen LogP contribution in [0.5, 0.6) is 23.0 Å². The van der Waals surface area contributed by atoms with Crippen molar-refractivity contribution in [1.82, 2.24) is 19.9 Å². The van der Waals surface area contributed by atoms with Crippen LogP contribution in [0.15, 0.2) is 67.4 Å². The van der Waals surface area contributed by atoms with E-state index in [2.05, 4.69) is 19.9 Å². The third kappa shape index (κ3) is 5.14. The van der Waals surface area contributed by atoms with Crippen molar-refractivity contribution < 1.29 is 18.9 Å². The van der Waals surface area contributed by atoms with Crippen LogP contribution >= 0.6 is 0 Å². The van der Waals surface area contributed by atoms with Crippen LogP contribution in [0.1, 0.15) is 0 Å². The molecule has 0 unspecified atom stereocenters. The predicted molar refractivity (Wildman–Crippen MR) is 141 cm³/mol. The number of nitrogens with zero attached hydrogens (tertiary/aromatic N) is 4. The third-order valence-corrected chi connectivity index (χ3v) is 5.80. The maximum atomic E-state index is 6.34. The van der Waals surface area contributed by atoms with Gasteiger partial charge in [-0.05, 0) is 35.7 Å². The summed E-state index contributed by atoms with van der Waals surface area (Å²) in [6.07, 6.45) is 8.37. The number of hydrogen-bond acceptors (Lipinski definition) is 10. The van der Waals surface area contributed by atoms with Gasteiger partial charge in [-0.15, -0.1) is 0 Å². The number of pyridine rings is 4. The second-order valence-corrected chi connectivity index (χ2v) is 8.31. The monoisotopic (exact) mass is 498 g/mol. The summed E-state index contributed by atoms with van der Waals surface area (Å²) in [5.74, 6) is 2.82. The maximum absolute atomic E-state index is 6.34. The summed E-state index contributed by atoms with van der Waals surface area (Å²) in [5, 5.41) is 2.49. The average molecular weight is 499 g/mol. The third-order valence-electron chi connectivity index (χ3n) is 5.80. The first-order valence-electron chi connectivity index (χ1n) is 11.5. The molecular formula is C27H26N6O4. The Morgan fingerprint density at radius 3 is 2.27 bits per heavy atom. The molecule has 4 heterocycles. The first-order valence-corrected chi connectivity index (χ1v) is 11.5. The Morgan fingerprint density at radius 1 is 0.784 bits per heavy atom. The largest absolute Gasteiger partial charge is 0.493 e. The van der Waals surface area contributed by atoms with Crippen molar-refractivity contribution in [3.63, 3.8) is 0 Å². The lowest BCUT2D eigenvalue weighted by molar-refractivity contribution is 0.220. The van der Waals surface area contributed by atoms with Crippen molar-refractivity contribution >= 4 is 27.5 Å². The van der Waals surface area contributed by atoms with E-state index in [1.54, 1.807) is 57.3 Å². The highest BCUT2D eigenvalue weighted by Crippen LogP contribution is 2.37. The van der Waals surface area contributed by atoms with Crippen molar-refractivity contribution in [2.45, 2.75) is 6.04 Å². The topological polar surface area (TPSA) is 141 Å². The van der Waals surface area contributed by atoms with Crippen LogP contribution in [0.3, 0.4) is 0 Å². The lowest BCUT2D eigenvalue weighted by atomic mass is 10.0. The lowest BCUT2D eigenvalue weighted by Crippen LogP contribution is -2.34. The molecule has 10 nitrogen and oxygen atoms in total. The van der Waals surface area contributed by atoms with Crippen LogP contribution < -0.4 is 30.4 Å². The standard InChI is InChI=1S/C27H26N6O4/c1-34-25-9-21-20-8-23(33-27(29)22(20)13-32-24(21)10-26(25)35-2)16-7-19(12-31-11-16)37-15-17(28)14-36-18-3-5-30-6-4-18/h3-13,17H,14-15,28H2,1-2H3,(H2,29,33)/t17-/m1/s1. The van der Waals surface area contributed by atoms with Gasteiger partial charge in [0.2, 0.25) is 0 Å². The van der Waals surface area contributed by atoms with Crippen LogP contribution in [-0.4, -0.2) is 53.4 Å². The summed E-state index contributed by atoms with van der Waals surface area (Å²) in [6, 6.07) is 10.7. The summed E-state index contributed by atoms with van der Waals surface area (Å²) in [4.78, 5) is 17.4.